The Bertz CT molecular complexity index is 435. The number of morpholine rings is 1. The van der Waals surface area contributed by atoms with Crippen molar-refractivity contribution < 1.29 is 9.15 Å². The number of furan rings is 1. The fourth-order valence-corrected chi connectivity index (χ4v) is 3.06. The summed E-state index contributed by atoms with van der Waals surface area (Å²) in [7, 11) is 0. The second-order valence-corrected chi connectivity index (χ2v) is 5.73. The molecule has 1 unspecified atom stereocenters. The van der Waals surface area contributed by atoms with Crippen molar-refractivity contribution in [3.63, 3.8) is 0 Å². The predicted octanol–water partition coefficient (Wildman–Crippen LogP) is 2.09. The van der Waals surface area contributed by atoms with Gasteiger partial charge in [0, 0.05) is 44.3 Å². The van der Waals surface area contributed by atoms with Crippen LogP contribution in [0.4, 0.5) is 0 Å². The lowest BCUT2D eigenvalue weighted by molar-refractivity contribution is 0.0256. The molecule has 0 bridgehead atoms. The van der Waals surface area contributed by atoms with Gasteiger partial charge in [0.15, 0.2) is 0 Å². The smallest absolute Gasteiger partial charge is 0.130 e. The highest BCUT2D eigenvalue weighted by atomic mass is 16.5. The molecule has 0 saturated carbocycles. The van der Waals surface area contributed by atoms with E-state index in [0.717, 1.165) is 58.1 Å². The van der Waals surface area contributed by atoms with Crippen LogP contribution in [0.1, 0.15) is 19.1 Å². The van der Waals surface area contributed by atoms with Crippen molar-refractivity contribution in [1.82, 2.24) is 9.80 Å². The summed E-state index contributed by atoms with van der Waals surface area (Å²) in [4.78, 5) is 5.08. The van der Waals surface area contributed by atoms with E-state index < -0.39 is 0 Å². The molecule has 0 N–H and O–H groups in total. The summed E-state index contributed by atoms with van der Waals surface area (Å²) in [5.41, 5.74) is 1.33. The summed E-state index contributed by atoms with van der Waals surface area (Å²) in [5.74, 6) is 1.02. The van der Waals surface area contributed by atoms with Crippen LogP contribution in [-0.4, -0.2) is 61.8 Å². The molecule has 1 fully saturated rings. The number of nitrogens with zero attached hydrogens (tertiary/aromatic N) is 2. The number of rotatable bonds is 4. The van der Waals surface area contributed by atoms with Gasteiger partial charge in [0.2, 0.25) is 0 Å². The van der Waals surface area contributed by atoms with Crippen LogP contribution in [0.25, 0.3) is 5.57 Å². The van der Waals surface area contributed by atoms with Crippen molar-refractivity contribution in [3.05, 3.63) is 30.2 Å². The molecule has 4 nitrogen and oxygen atoms in total. The molecule has 1 aromatic rings. The zero-order chi connectivity index (χ0) is 13.8. The van der Waals surface area contributed by atoms with E-state index in [1.165, 1.54) is 5.57 Å². The predicted molar refractivity (Wildman–Crippen MR) is 79.6 cm³/mol. The second kappa shape index (κ2) is 6.57. The lowest BCUT2D eigenvalue weighted by Crippen LogP contribution is -2.47. The Morgan fingerprint density at radius 2 is 2.10 bits per heavy atom. The molecule has 0 radical (unpaired) electrons. The van der Waals surface area contributed by atoms with Gasteiger partial charge in [-0.25, -0.2) is 0 Å². The summed E-state index contributed by atoms with van der Waals surface area (Å²) in [6, 6.07) is 4.60. The standard InChI is InChI=1S/C16H24N2O2/c1-14(12-17-7-10-19-11-8-17)18-6-2-4-15(13-18)16-5-3-9-20-16/h3-5,9,14H,2,6-8,10-13H2,1H3. The van der Waals surface area contributed by atoms with Gasteiger partial charge in [0.25, 0.3) is 0 Å². The summed E-state index contributed by atoms with van der Waals surface area (Å²) in [6.45, 7) is 9.51. The molecule has 1 saturated heterocycles. The van der Waals surface area contributed by atoms with Crippen LogP contribution in [0.15, 0.2) is 28.9 Å². The zero-order valence-corrected chi connectivity index (χ0v) is 12.3. The Kier molecular flexibility index (Phi) is 4.55. The highest BCUT2D eigenvalue weighted by Gasteiger charge is 2.22. The first-order valence-electron chi connectivity index (χ1n) is 7.60. The van der Waals surface area contributed by atoms with Gasteiger partial charge in [0.1, 0.15) is 5.76 Å². The van der Waals surface area contributed by atoms with Crippen LogP contribution < -0.4 is 0 Å². The van der Waals surface area contributed by atoms with E-state index in [4.69, 9.17) is 9.15 Å². The van der Waals surface area contributed by atoms with E-state index in [2.05, 4.69) is 28.9 Å². The van der Waals surface area contributed by atoms with Crippen molar-refractivity contribution in [2.24, 2.45) is 0 Å². The molecule has 0 amide bonds. The van der Waals surface area contributed by atoms with Gasteiger partial charge in [0.05, 0.1) is 19.5 Å². The first-order valence-corrected chi connectivity index (χ1v) is 7.60. The molecule has 1 aromatic heterocycles. The summed E-state index contributed by atoms with van der Waals surface area (Å²) in [5, 5.41) is 0. The van der Waals surface area contributed by atoms with Crippen molar-refractivity contribution in [2.75, 3.05) is 45.9 Å². The molecular formula is C16H24N2O2. The van der Waals surface area contributed by atoms with Gasteiger partial charge >= 0.3 is 0 Å². The van der Waals surface area contributed by atoms with Crippen LogP contribution in [0.3, 0.4) is 0 Å². The topological polar surface area (TPSA) is 28.9 Å². The third kappa shape index (κ3) is 3.32. The van der Waals surface area contributed by atoms with Gasteiger partial charge < -0.3 is 9.15 Å². The highest BCUT2D eigenvalue weighted by molar-refractivity contribution is 5.63. The van der Waals surface area contributed by atoms with Gasteiger partial charge in [-0.3, -0.25) is 9.80 Å². The van der Waals surface area contributed by atoms with Gasteiger partial charge in [-0.1, -0.05) is 6.08 Å². The maximum absolute atomic E-state index is 5.53. The fraction of sp³-hybridized carbons (Fsp3) is 0.625. The van der Waals surface area contributed by atoms with Gasteiger partial charge in [-0.05, 0) is 25.5 Å². The van der Waals surface area contributed by atoms with E-state index in [1.54, 1.807) is 6.26 Å². The average molecular weight is 276 g/mol. The second-order valence-electron chi connectivity index (χ2n) is 5.73. The molecule has 2 aliphatic rings. The minimum Gasteiger partial charge on any atom is -0.465 e. The van der Waals surface area contributed by atoms with E-state index in [9.17, 15) is 0 Å². The summed E-state index contributed by atoms with van der Waals surface area (Å²) >= 11 is 0. The number of hydrogen-bond acceptors (Lipinski definition) is 4. The molecule has 20 heavy (non-hydrogen) atoms. The summed E-state index contributed by atoms with van der Waals surface area (Å²) in [6.07, 6.45) is 5.19. The van der Waals surface area contributed by atoms with Crippen molar-refractivity contribution in [1.29, 1.82) is 0 Å². The van der Waals surface area contributed by atoms with Crippen molar-refractivity contribution in [2.45, 2.75) is 19.4 Å². The first-order chi connectivity index (χ1) is 9.83. The Morgan fingerprint density at radius 3 is 2.85 bits per heavy atom. The molecule has 3 heterocycles. The van der Waals surface area contributed by atoms with Gasteiger partial charge in [-0.2, -0.15) is 0 Å². The first kappa shape index (κ1) is 13.9. The third-order valence-electron chi connectivity index (χ3n) is 4.27. The third-order valence-corrected chi connectivity index (χ3v) is 4.27. The van der Waals surface area contributed by atoms with E-state index >= 15 is 0 Å². The number of ether oxygens (including phenoxy) is 1. The lowest BCUT2D eigenvalue weighted by Gasteiger charge is -2.36. The Balaban J connectivity index is 1.56. The molecule has 3 rings (SSSR count). The summed E-state index contributed by atoms with van der Waals surface area (Å²) < 4.78 is 10.9. The van der Waals surface area contributed by atoms with Crippen LogP contribution in [-0.2, 0) is 4.74 Å². The molecule has 4 heteroatoms. The van der Waals surface area contributed by atoms with Crippen LogP contribution in [0, 0.1) is 0 Å². The van der Waals surface area contributed by atoms with Crippen LogP contribution >= 0.6 is 0 Å². The zero-order valence-electron chi connectivity index (χ0n) is 12.3. The van der Waals surface area contributed by atoms with E-state index in [1.807, 2.05) is 6.07 Å². The largest absolute Gasteiger partial charge is 0.465 e. The minimum absolute atomic E-state index is 0.576. The number of hydrogen-bond donors (Lipinski definition) is 0. The Morgan fingerprint density at radius 1 is 1.25 bits per heavy atom. The molecule has 110 valence electrons. The normalized spacial score (nSPS) is 23.6. The SMILES string of the molecule is CC(CN1CCOCC1)N1CCC=C(c2ccco2)C1. The van der Waals surface area contributed by atoms with Crippen molar-refractivity contribution in [3.8, 4) is 0 Å². The molecule has 0 aromatic carbocycles. The molecule has 2 aliphatic heterocycles. The highest BCUT2D eigenvalue weighted by Crippen LogP contribution is 2.22. The monoisotopic (exact) mass is 276 g/mol. The maximum atomic E-state index is 5.53. The maximum Gasteiger partial charge on any atom is 0.130 e. The van der Waals surface area contributed by atoms with Crippen LogP contribution in [0.5, 0.6) is 0 Å². The van der Waals surface area contributed by atoms with E-state index in [-0.39, 0.29) is 0 Å². The Hall–Kier alpha value is -1.10. The van der Waals surface area contributed by atoms with Crippen LogP contribution in [0.2, 0.25) is 0 Å². The molecule has 1 atom stereocenters. The van der Waals surface area contributed by atoms with Crippen molar-refractivity contribution >= 4 is 5.57 Å². The fourth-order valence-electron chi connectivity index (χ4n) is 3.06. The van der Waals surface area contributed by atoms with E-state index in [0.29, 0.717) is 6.04 Å². The average Bonchev–Trinajstić information content (AvgIpc) is 3.03. The quantitative estimate of drug-likeness (QED) is 0.842. The Labute approximate surface area is 121 Å². The minimum atomic E-state index is 0.576. The molecule has 0 aliphatic carbocycles. The molecular weight excluding hydrogens is 252 g/mol. The molecule has 0 spiro atoms. The van der Waals surface area contributed by atoms with Gasteiger partial charge in [-0.15, -0.1) is 0 Å². The lowest BCUT2D eigenvalue weighted by atomic mass is 10.1.